The van der Waals surface area contributed by atoms with E-state index in [4.69, 9.17) is 5.73 Å². The van der Waals surface area contributed by atoms with E-state index in [2.05, 4.69) is 23.9 Å². The van der Waals surface area contributed by atoms with E-state index in [9.17, 15) is 0 Å². The molecule has 1 aromatic rings. The van der Waals surface area contributed by atoms with E-state index < -0.39 is 0 Å². The van der Waals surface area contributed by atoms with Gasteiger partial charge in [-0.15, -0.1) is 0 Å². The third-order valence-corrected chi connectivity index (χ3v) is 4.37. The van der Waals surface area contributed by atoms with E-state index in [1.165, 1.54) is 25.7 Å². The number of aryl methyl sites for hydroxylation is 1. The highest BCUT2D eigenvalue weighted by atomic mass is 15.3. The van der Waals surface area contributed by atoms with Gasteiger partial charge in [-0.25, -0.2) is 4.98 Å². The molecule has 4 heteroatoms. The van der Waals surface area contributed by atoms with Gasteiger partial charge < -0.3 is 5.73 Å². The lowest BCUT2D eigenvalue weighted by atomic mass is 9.70. The fourth-order valence-electron chi connectivity index (χ4n) is 3.30. The Balaban J connectivity index is 2.12. The molecule has 1 aliphatic rings. The Bertz CT molecular complexity index is 374. The minimum atomic E-state index is -0.0640. The van der Waals surface area contributed by atoms with Gasteiger partial charge >= 0.3 is 0 Å². The normalized spacial score (nSPS) is 28.5. The van der Waals surface area contributed by atoms with Gasteiger partial charge in [0.25, 0.3) is 0 Å². The van der Waals surface area contributed by atoms with E-state index in [1.54, 1.807) is 6.33 Å². The van der Waals surface area contributed by atoms with Crippen LogP contribution in [0.15, 0.2) is 6.33 Å². The lowest BCUT2D eigenvalue weighted by Gasteiger charge is -2.41. The highest BCUT2D eigenvalue weighted by Crippen LogP contribution is 2.36. The molecule has 0 spiro atoms. The van der Waals surface area contributed by atoms with Crippen molar-refractivity contribution in [2.45, 2.75) is 70.9 Å². The first kappa shape index (κ1) is 13.5. The molecule has 4 nitrogen and oxygen atoms in total. The topological polar surface area (TPSA) is 56.7 Å². The van der Waals surface area contributed by atoms with Crippen LogP contribution in [0.3, 0.4) is 0 Å². The summed E-state index contributed by atoms with van der Waals surface area (Å²) in [7, 11) is 0. The minimum Gasteiger partial charge on any atom is -0.324 e. The van der Waals surface area contributed by atoms with Gasteiger partial charge in [0, 0.05) is 18.5 Å². The van der Waals surface area contributed by atoms with Crippen molar-refractivity contribution in [3.63, 3.8) is 0 Å². The zero-order valence-corrected chi connectivity index (χ0v) is 11.7. The first-order chi connectivity index (χ1) is 8.69. The molecule has 102 valence electrons. The summed E-state index contributed by atoms with van der Waals surface area (Å²) in [5, 5.41) is 4.30. The molecule has 2 unspecified atom stereocenters. The highest BCUT2D eigenvalue weighted by molar-refractivity contribution is 5.02. The van der Waals surface area contributed by atoms with E-state index in [-0.39, 0.29) is 5.54 Å². The molecule has 18 heavy (non-hydrogen) atoms. The van der Waals surface area contributed by atoms with Crippen LogP contribution in [0.5, 0.6) is 0 Å². The zero-order valence-electron chi connectivity index (χ0n) is 11.7. The number of rotatable bonds is 5. The van der Waals surface area contributed by atoms with Crippen LogP contribution in [0, 0.1) is 5.92 Å². The van der Waals surface area contributed by atoms with Crippen molar-refractivity contribution in [1.82, 2.24) is 14.8 Å². The van der Waals surface area contributed by atoms with E-state index in [1.807, 2.05) is 4.68 Å². The molecule has 2 N–H and O–H groups in total. The summed E-state index contributed by atoms with van der Waals surface area (Å²) in [5.74, 6) is 1.71. The second kappa shape index (κ2) is 5.83. The molecule has 0 aliphatic heterocycles. The Morgan fingerprint density at radius 3 is 3.00 bits per heavy atom. The maximum absolute atomic E-state index is 6.69. The third kappa shape index (κ3) is 2.74. The van der Waals surface area contributed by atoms with Crippen molar-refractivity contribution < 1.29 is 0 Å². The molecule has 1 aliphatic carbocycles. The fraction of sp³-hybridized carbons (Fsp3) is 0.857. The maximum Gasteiger partial charge on any atom is 0.138 e. The average molecular weight is 250 g/mol. The third-order valence-electron chi connectivity index (χ3n) is 4.37. The minimum absolute atomic E-state index is 0.0640. The van der Waals surface area contributed by atoms with Crippen LogP contribution in [-0.2, 0) is 13.0 Å². The average Bonchev–Trinajstić information content (AvgIpc) is 2.77. The Morgan fingerprint density at radius 2 is 2.28 bits per heavy atom. The van der Waals surface area contributed by atoms with Gasteiger partial charge in [0.15, 0.2) is 0 Å². The molecule has 1 aromatic heterocycles. The smallest absolute Gasteiger partial charge is 0.138 e. The molecule has 2 atom stereocenters. The Labute approximate surface area is 110 Å². The van der Waals surface area contributed by atoms with Crippen LogP contribution in [0.2, 0.25) is 0 Å². The van der Waals surface area contributed by atoms with Crippen molar-refractivity contribution in [2.24, 2.45) is 11.7 Å². The monoisotopic (exact) mass is 250 g/mol. The Hall–Kier alpha value is -0.900. The molecule has 2 rings (SSSR count). The van der Waals surface area contributed by atoms with Gasteiger partial charge in [0.2, 0.25) is 0 Å². The first-order valence-corrected chi connectivity index (χ1v) is 7.35. The van der Waals surface area contributed by atoms with Crippen LogP contribution < -0.4 is 5.73 Å². The number of nitrogens with two attached hydrogens (primary N) is 1. The van der Waals surface area contributed by atoms with E-state index in [0.29, 0.717) is 5.92 Å². The molecule has 0 aromatic carbocycles. The van der Waals surface area contributed by atoms with Crippen LogP contribution >= 0.6 is 0 Å². The highest BCUT2D eigenvalue weighted by Gasteiger charge is 2.37. The van der Waals surface area contributed by atoms with Crippen molar-refractivity contribution in [3.8, 4) is 0 Å². The molecule has 0 bridgehead atoms. The number of aromatic nitrogens is 3. The van der Waals surface area contributed by atoms with Crippen molar-refractivity contribution in [2.75, 3.05) is 0 Å². The molecular weight excluding hydrogens is 224 g/mol. The standard InChI is InChI=1S/C14H26N4/c1-3-9-18-13(16-11-17-18)10-14(15)8-6-5-7-12(14)4-2/h11-12H,3-10,15H2,1-2H3. The van der Waals surface area contributed by atoms with Crippen LogP contribution in [0.4, 0.5) is 0 Å². The Morgan fingerprint density at radius 1 is 1.44 bits per heavy atom. The summed E-state index contributed by atoms with van der Waals surface area (Å²) >= 11 is 0. The van der Waals surface area contributed by atoms with Crippen LogP contribution in [0.25, 0.3) is 0 Å². The van der Waals surface area contributed by atoms with Gasteiger partial charge in [-0.3, -0.25) is 4.68 Å². The SMILES string of the molecule is CCCn1ncnc1CC1(N)CCCCC1CC. The largest absolute Gasteiger partial charge is 0.324 e. The molecule has 0 radical (unpaired) electrons. The maximum atomic E-state index is 6.69. The lowest BCUT2D eigenvalue weighted by molar-refractivity contribution is 0.177. The van der Waals surface area contributed by atoms with Gasteiger partial charge in [-0.1, -0.05) is 33.1 Å². The fourth-order valence-corrected chi connectivity index (χ4v) is 3.30. The zero-order chi connectivity index (χ0) is 13.0. The van der Waals surface area contributed by atoms with E-state index in [0.717, 1.165) is 31.6 Å². The van der Waals surface area contributed by atoms with Crippen molar-refractivity contribution in [1.29, 1.82) is 0 Å². The Kier molecular flexibility index (Phi) is 4.38. The lowest BCUT2D eigenvalue weighted by Crippen LogP contribution is -2.51. The van der Waals surface area contributed by atoms with Crippen LogP contribution in [0.1, 0.15) is 58.2 Å². The predicted molar refractivity (Wildman–Crippen MR) is 73.2 cm³/mol. The molecule has 0 saturated heterocycles. The van der Waals surface area contributed by atoms with Crippen molar-refractivity contribution in [3.05, 3.63) is 12.2 Å². The summed E-state index contributed by atoms with van der Waals surface area (Å²) in [6.07, 6.45) is 9.81. The quantitative estimate of drug-likeness (QED) is 0.873. The van der Waals surface area contributed by atoms with Crippen molar-refractivity contribution >= 4 is 0 Å². The van der Waals surface area contributed by atoms with Gasteiger partial charge in [0.05, 0.1) is 0 Å². The summed E-state index contributed by atoms with van der Waals surface area (Å²) in [6.45, 7) is 5.37. The molecule has 1 heterocycles. The first-order valence-electron chi connectivity index (χ1n) is 7.35. The van der Waals surface area contributed by atoms with Gasteiger partial charge in [0.1, 0.15) is 12.2 Å². The predicted octanol–water partition coefficient (Wildman–Crippen LogP) is 2.53. The van der Waals surface area contributed by atoms with Crippen LogP contribution in [-0.4, -0.2) is 20.3 Å². The second-order valence-electron chi connectivity index (χ2n) is 5.66. The summed E-state index contributed by atoms with van der Waals surface area (Å²) in [6, 6.07) is 0. The molecule has 0 amide bonds. The van der Waals surface area contributed by atoms with Gasteiger partial charge in [-0.2, -0.15) is 5.10 Å². The molecule has 1 fully saturated rings. The number of hydrogen-bond acceptors (Lipinski definition) is 3. The molecular formula is C14H26N4. The number of nitrogens with zero attached hydrogens (tertiary/aromatic N) is 3. The summed E-state index contributed by atoms with van der Waals surface area (Å²) < 4.78 is 2.02. The molecule has 1 saturated carbocycles. The summed E-state index contributed by atoms with van der Waals surface area (Å²) in [4.78, 5) is 4.41. The van der Waals surface area contributed by atoms with E-state index >= 15 is 0 Å². The summed E-state index contributed by atoms with van der Waals surface area (Å²) in [5.41, 5.74) is 6.63. The van der Waals surface area contributed by atoms with Gasteiger partial charge in [-0.05, 0) is 25.2 Å². The second-order valence-corrected chi connectivity index (χ2v) is 5.66. The number of hydrogen-bond donors (Lipinski definition) is 1.